The maximum absolute atomic E-state index is 11.2. The van der Waals surface area contributed by atoms with Gasteiger partial charge in [0.25, 0.3) is 0 Å². The largest absolute Gasteiger partial charge is 0.582 e. The van der Waals surface area contributed by atoms with Gasteiger partial charge in [0.1, 0.15) is 12.2 Å². The summed E-state index contributed by atoms with van der Waals surface area (Å²) in [5.74, 6) is 0. The molecular weight excluding hydrogens is 296 g/mol. The molecule has 0 aromatic rings. The highest BCUT2D eigenvalue weighted by Gasteiger charge is 2.21. The Balaban J connectivity index is 1.50. The summed E-state index contributed by atoms with van der Waals surface area (Å²) in [6.07, 6.45) is 6.93. The van der Waals surface area contributed by atoms with E-state index in [1.807, 2.05) is 0 Å². The Hall–Kier alpha value is -1.54. The highest BCUT2D eigenvalue weighted by Crippen LogP contribution is 2.21. The summed E-state index contributed by atoms with van der Waals surface area (Å²) >= 11 is 0. The normalized spacial score (nSPS) is 20.2. The number of hydrogen-bond acceptors (Lipinski definition) is 8. The average molecular weight is 318 g/mol. The first-order valence-electron chi connectivity index (χ1n) is 7.83. The summed E-state index contributed by atoms with van der Waals surface area (Å²) in [6.45, 7) is 0. The van der Waals surface area contributed by atoms with Crippen molar-refractivity contribution in [3.05, 3.63) is 0 Å². The molecule has 2 aliphatic carbocycles. The second kappa shape index (κ2) is 9.47. The quantitative estimate of drug-likeness (QED) is 0.572. The van der Waals surface area contributed by atoms with Crippen molar-refractivity contribution in [2.45, 2.75) is 76.4 Å². The van der Waals surface area contributed by atoms with Crippen LogP contribution in [-0.4, -0.2) is 24.5 Å². The Morgan fingerprint density at radius 3 is 1.27 bits per heavy atom. The molecule has 2 saturated carbocycles. The minimum absolute atomic E-state index is 0.136. The fourth-order valence-corrected chi connectivity index (χ4v) is 2.63. The van der Waals surface area contributed by atoms with E-state index in [1.54, 1.807) is 0 Å². The topological polar surface area (TPSA) is 89.5 Å². The summed E-state index contributed by atoms with van der Waals surface area (Å²) < 4.78 is 0. The number of rotatable bonds is 4. The van der Waals surface area contributed by atoms with Crippen LogP contribution in [0, 0.1) is 0 Å². The Labute approximate surface area is 128 Å². The van der Waals surface area contributed by atoms with Crippen LogP contribution in [0.1, 0.15) is 64.2 Å². The van der Waals surface area contributed by atoms with Gasteiger partial charge >= 0.3 is 12.3 Å². The zero-order chi connectivity index (χ0) is 15.6. The monoisotopic (exact) mass is 318 g/mol. The van der Waals surface area contributed by atoms with Crippen molar-refractivity contribution in [3.63, 3.8) is 0 Å². The predicted molar refractivity (Wildman–Crippen MR) is 71.0 cm³/mol. The highest BCUT2D eigenvalue weighted by atomic mass is 17.4. The van der Waals surface area contributed by atoms with Crippen LogP contribution in [-0.2, 0) is 29.3 Å². The van der Waals surface area contributed by atoms with Crippen LogP contribution in [0.3, 0.4) is 0 Å². The molecule has 126 valence electrons. The van der Waals surface area contributed by atoms with Gasteiger partial charge in [0.2, 0.25) is 0 Å². The lowest BCUT2D eigenvalue weighted by atomic mass is 9.98. The molecular formula is C14H22O8. The van der Waals surface area contributed by atoms with Crippen molar-refractivity contribution < 1.29 is 38.9 Å². The van der Waals surface area contributed by atoms with E-state index in [9.17, 15) is 9.59 Å². The molecule has 0 bridgehead atoms. The van der Waals surface area contributed by atoms with Gasteiger partial charge in [-0.05, 0) is 25.7 Å². The first kappa shape index (κ1) is 16.8. The van der Waals surface area contributed by atoms with Crippen LogP contribution in [0.4, 0.5) is 9.59 Å². The fraction of sp³-hybridized carbons (Fsp3) is 0.857. The zero-order valence-electron chi connectivity index (χ0n) is 12.5. The van der Waals surface area contributed by atoms with E-state index in [2.05, 4.69) is 19.6 Å². The van der Waals surface area contributed by atoms with Gasteiger partial charge in [-0.2, -0.15) is 29.1 Å². The third-order valence-electron chi connectivity index (χ3n) is 3.79. The van der Waals surface area contributed by atoms with Gasteiger partial charge in [-0.3, -0.25) is 9.78 Å². The van der Waals surface area contributed by atoms with Gasteiger partial charge in [0.15, 0.2) is 0 Å². The summed E-state index contributed by atoms with van der Waals surface area (Å²) in [7, 11) is 0. The minimum atomic E-state index is -1.26. The molecule has 0 radical (unpaired) electrons. The van der Waals surface area contributed by atoms with Gasteiger partial charge in [-0.25, -0.2) is 0 Å². The number of carbonyl (C=O) groups is 2. The molecule has 0 aliphatic heterocycles. The van der Waals surface area contributed by atoms with Crippen molar-refractivity contribution in [1.29, 1.82) is 0 Å². The van der Waals surface area contributed by atoms with Crippen molar-refractivity contribution in [2.75, 3.05) is 0 Å². The first-order chi connectivity index (χ1) is 10.7. The highest BCUT2D eigenvalue weighted by molar-refractivity contribution is 5.62. The molecule has 0 amide bonds. The Morgan fingerprint density at radius 2 is 0.909 bits per heavy atom. The molecule has 0 spiro atoms. The molecule has 0 saturated heterocycles. The standard InChI is InChI=1S/C14H22O8/c15-13(19-17-11-7-3-1-4-8-11)21-22-14(16)20-18-12-9-5-2-6-10-12/h11-12H,1-10H2. The van der Waals surface area contributed by atoms with E-state index in [0.717, 1.165) is 64.2 Å². The lowest BCUT2D eigenvalue weighted by molar-refractivity contribution is -0.348. The number of hydrogen-bond donors (Lipinski definition) is 0. The van der Waals surface area contributed by atoms with Gasteiger partial charge in [0.05, 0.1) is 0 Å². The maximum Gasteiger partial charge on any atom is 0.582 e. The zero-order valence-corrected chi connectivity index (χ0v) is 12.5. The van der Waals surface area contributed by atoms with Crippen LogP contribution in [0.15, 0.2) is 0 Å². The molecule has 0 unspecified atom stereocenters. The summed E-state index contributed by atoms with van der Waals surface area (Å²) in [5, 5.41) is 0. The third-order valence-corrected chi connectivity index (χ3v) is 3.79. The Kier molecular flexibility index (Phi) is 7.24. The molecule has 0 heterocycles. The van der Waals surface area contributed by atoms with Crippen LogP contribution in [0.25, 0.3) is 0 Å². The lowest BCUT2D eigenvalue weighted by Gasteiger charge is -2.19. The fourth-order valence-electron chi connectivity index (χ4n) is 2.63. The van der Waals surface area contributed by atoms with Gasteiger partial charge in [0, 0.05) is 0 Å². The third kappa shape index (κ3) is 6.48. The summed E-state index contributed by atoms with van der Waals surface area (Å²) in [4.78, 5) is 49.1. The smallest absolute Gasteiger partial charge is 0.256 e. The second-order valence-electron chi connectivity index (χ2n) is 5.55. The molecule has 0 aromatic carbocycles. The molecule has 0 aromatic heterocycles. The average Bonchev–Trinajstić information content (AvgIpc) is 2.58. The van der Waals surface area contributed by atoms with E-state index >= 15 is 0 Å². The van der Waals surface area contributed by atoms with Crippen molar-refractivity contribution >= 4 is 12.3 Å². The summed E-state index contributed by atoms with van der Waals surface area (Å²) in [6, 6.07) is 0. The molecule has 0 atom stereocenters. The van der Waals surface area contributed by atoms with E-state index < -0.39 is 12.3 Å². The number of carbonyl (C=O) groups excluding carboxylic acids is 2. The predicted octanol–water partition coefficient (Wildman–Crippen LogP) is 3.74. The molecule has 8 nitrogen and oxygen atoms in total. The molecule has 8 heteroatoms. The van der Waals surface area contributed by atoms with Crippen LogP contribution < -0.4 is 0 Å². The minimum Gasteiger partial charge on any atom is -0.256 e. The van der Waals surface area contributed by atoms with Crippen LogP contribution >= 0.6 is 0 Å². The van der Waals surface area contributed by atoms with E-state index in [0.29, 0.717) is 0 Å². The van der Waals surface area contributed by atoms with E-state index in [-0.39, 0.29) is 12.2 Å². The Bertz CT molecular complexity index is 313. The second-order valence-corrected chi connectivity index (χ2v) is 5.55. The van der Waals surface area contributed by atoms with Gasteiger partial charge in [-0.1, -0.05) is 38.5 Å². The molecule has 22 heavy (non-hydrogen) atoms. The SMILES string of the molecule is O=C(OOC(=O)OOC1CCCCC1)OOC1CCCCC1. The van der Waals surface area contributed by atoms with Crippen molar-refractivity contribution in [3.8, 4) is 0 Å². The van der Waals surface area contributed by atoms with E-state index in [1.165, 1.54) is 0 Å². The lowest BCUT2D eigenvalue weighted by Crippen LogP contribution is -2.22. The van der Waals surface area contributed by atoms with Crippen molar-refractivity contribution in [1.82, 2.24) is 0 Å². The van der Waals surface area contributed by atoms with Gasteiger partial charge in [-0.15, -0.1) is 0 Å². The summed E-state index contributed by atoms with van der Waals surface area (Å²) in [5.41, 5.74) is 0. The molecule has 2 fully saturated rings. The van der Waals surface area contributed by atoms with E-state index in [4.69, 9.17) is 9.78 Å². The first-order valence-corrected chi connectivity index (χ1v) is 7.83. The maximum atomic E-state index is 11.2. The molecule has 2 rings (SSSR count). The van der Waals surface area contributed by atoms with Crippen LogP contribution in [0.2, 0.25) is 0 Å². The van der Waals surface area contributed by atoms with Crippen molar-refractivity contribution in [2.24, 2.45) is 0 Å². The van der Waals surface area contributed by atoms with Crippen LogP contribution in [0.5, 0.6) is 0 Å². The molecule has 0 N–H and O–H groups in total. The molecule has 2 aliphatic rings. The Morgan fingerprint density at radius 1 is 0.545 bits per heavy atom. The van der Waals surface area contributed by atoms with Gasteiger partial charge < -0.3 is 0 Å².